The van der Waals surface area contributed by atoms with Crippen molar-refractivity contribution in [2.75, 3.05) is 19.6 Å². The molecule has 2 saturated heterocycles. The van der Waals surface area contributed by atoms with Crippen LogP contribution in [0.1, 0.15) is 24.3 Å². The molecule has 2 aliphatic heterocycles. The summed E-state index contributed by atoms with van der Waals surface area (Å²) in [6.07, 6.45) is 4.26. The van der Waals surface area contributed by atoms with Gasteiger partial charge in [0.15, 0.2) is 6.39 Å². The Kier molecular flexibility index (Phi) is 2.69. The molecule has 2 fully saturated rings. The Bertz CT molecular complexity index is 349. The lowest BCUT2D eigenvalue weighted by Gasteiger charge is -2.24. The minimum atomic E-state index is 0.709. The molecular weight excluding hydrogens is 202 g/mol. The Morgan fingerprint density at radius 3 is 3.25 bits per heavy atom. The second-order valence-corrected chi connectivity index (χ2v) is 5.01. The Hall–Kier alpha value is -0.870. The van der Waals surface area contributed by atoms with Crippen LogP contribution in [0.4, 0.5) is 0 Å². The fourth-order valence-electron chi connectivity index (χ4n) is 2.96. The normalized spacial score (nSPS) is 30.6. The SMILES string of the molecule is Cc1ocnc1CN1CC2CCCNC2C1. The van der Waals surface area contributed by atoms with Crippen molar-refractivity contribution in [3.05, 3.63) is 17.8 Å². The Labute approximate surface area is 96.0 Å². The molecule has 0 aliphatic carbocycles. The first-order valence-corrected chi connectivity index (χ1v) is 6.17. The molecule has 3 rings (SSSR count). The zero-order valence-corrected chi connectivity index (χ0v) is 9.78. The third-order valence-electron chi connectivity index (χ3n) is 3.89. The van der Waals surface area contributed by atoms with Gasteiger partial charge in [-0.15, -0.1) is 0 Å². The number of hydrogen-bond donors (Lipinski definition) is 1. The summed E-state index contributed by atoms with van der Waals surface area (Å²) in [4.78, 5) is 6.77. The van der Waals surface area contributed by atoms with Crippen LogP contribution in [-0.4, -0.2) is 35.6 Å². The van der Waals surface area contributed by atoms with Gasteiger partial charge in [0.05, 0.1) is 5.69 Å². The van der Waals surface area contributed by atoms with E-state index in [-0.39, 0.29) is 0 Å². The number of fused-ring (bicyclic) bond motifs is 1. The van der Waals surface area contributed by atoms with E-state index in [1.165, 1.54) is 25.9 Å². The third-order valence-corrected chi connectivity index (χ3v) is 3.89. The molecular formula is C12H19N3O. The number of likely N-dealkylation sites (tertiary alicyclic amines) is 1. The summed E-state index contributed by atoms with van der Waals surface area (Å²) in [5.41, 5.74) is 1.10. The number of rotatable bonds is 2. The zero-order valence-electron chi connectivity index (χ0n) is 9.78. The highest BCUT2D eigenvalue weighted by atomic mass is 16.3. The van der Waals surface area contributed by atoms with Crippen molar-refractivity contribution in [1.29, 1.82) is 0 Å². The summed E-state index contributed by atoms with van der Waals surface area (Å²) in [5, 5.41) is 3.62. The Morgan fingerprint density at radius 2 is 2.50 bits per heavy atom. The Morgan fingerprint density at radius 1 is 1.56 bits per heavy atom. The molecule has 3 heterocycles. The van der Waals surface area contributed by atoms with Crippen molar-refractivity contribution in [2.45, 2.75) is 32.4 Å². The molecule has 0 radical (unpaired) electrons. The van der Waals surface area contributed by atoms with Crippen molar-refractivity contribution in [1.82, 2.24) is 15.2 Å². The molecule has 88 valence electrons. The lowest BCUT2D eigenvalue weighted by molar-refractivity contribution is 0.308. The molecule has 0 spiro atoms. The van der Waals surface area contributed by atoms with Gasteiger partial charge in [-0.25, -0.2) is 4.98 Å². The summed E-state index contributed by atoms with van der Waals surface area (Å²) in [6, 6.07) is 0.709. The van der Waals surface area contributed by atoms with Gasteiger partial charge in [0.25, 0.3) is 0 Å². The van der Waals surface area contributed by atoms with E-state index in [0.717, 1.165) is 30.5 Å². The predicted octanol–water partition coefficient (Wildman–Crippen LogP) is 1.17. The van der Waals surface area contributed by atoms with Gasteiger partial charge in [-0.05, 0) is 32.2 Å². The van der Waals surface area contributed by atoms with Crippen LogP contribution in [0.25, 0.3) is 0 Å². The second kappa shape index (κ2) is 4.18. The van der Waals surface area contributed by atoms with E-state index < -0.39 is 0 Å². The maximum atomic E-state index is 5.24. The molecule has 4 heteroatoms. The van der Waals surface area contributed by atoms with Crippen LogP contribution < -0.4 is 5.32 Å². The Balaban J connectivity index is 1.63. The molecule has 2 aliphatic rings. The number of nitrogens with one attached hydrogen (secondary N) is 1. The molecule has 2 unspecified atom stereocenters. The summed E-state index contributed by atoms with van der Waals surface area (Å²) in [7, 11) is 0. The van der Waals surface area contributed by atoms with Crippen molar-refractivity contribution in [2.24, 2.45) is 5.92 Å². The standard InChI is InChI=1S/C12H19N3O/c1-9-11(14-8-16-9)6-15-5-10-3-2-4-13-12(10)7-15/h8,10,12-13H,2-7H2,1H3. The number of oxazole rings is 1. The summed E-state index contributed by atoms with van der Waals surface area (Å²) < 4.78 is 5.24. The maximum absolute atomic E-state index is 5.24. The van der Waals surface area contributed by atoms with E-state index in [9.17, 15) is 0 Å². The largest absolute Gasteiger partial charge is 0.448 e. The average Bonchev–Trinajstić information content (AvgIpc) is 2.85. The molecule has 0 saturated carbocycles. The topological polar surface area (TPSA) is 41.3 Å². The van der Waals surface area contributed by atoms with E-state index in [2.05, 4.69) is 15.2 Å². The summed E-state index contributed by atoms with van der Waals surface area (Å²) in [5.74, 6) is 1.81. The van der Waals surface area contributed by atoms with Crippen molar-refractivity contribution in [3.63, 3.8) is 0 Å². The molecule has 2 atom stereocenters. The number of nitrogens with zero attached hydrogens (tertiary/aromatic N) is 2. The first-order chi connectivity index (χ1) is 7.83. The van der Waals surface area contributed by atoms with Gasteiger partial charge >= 0.3 is 0 Å². The molecule has 4 nitrogen and oxygen atoms in total. The van der Waals surface area contributed by atoms with Gasteiger partial charge in [0.2, 0.25) is 0 Å². The lowest BCUT2D eigenvalue weighted by atomic mass is 9.94. The molecule has 16 heavy (non-hydrogen) atoms. The number of piperidine rings is 1. The molecule has 1 N–H and O–H groups in total. The van der Waals surface area contributed by atoms with Crippen molar-refractivity contribution in [3.8, 4) is 0 Å². The second-order valence-electron chi connectivity index (χ2n) is 5.01. The lowest BCUT2D eigenvalue weighted by Crippen LogP contribution is -2.40. The van der Waals surface area contributed by atoms with Crippen molar-refractivity contribution < 1.29 is 4.42 Å². The monoisotopic (exact) mass is 221 g/mol. The average molecular weight is 221 g/mol. The van der Waals surface area contributed by atoms with E-state index in [4.69, 9.17) is 4.42 Å². The quantitative estimate of drug-likeness (QED) is 0.814. The smallest absolute Gasteiger partial charge is 0.181 e. The third kappa shape index (κ3) is 1.87. The highest BCUT2D eigenvalue weighted by molar-refractivity contribution is 5.05. The zero-order chi connectivity index (χ0) is 11.0. The van der Waals surface area contributed by atoms with Gasteiger partial charge in [0, 0.05) is 25.7 Å². The first-order valence-electron chi connectivity index (χ1n) is 6.17. The summed E-state index contributed by atoms with van der Waals surface area (Å²) >= 11 is 0. The summed E-state index contributed by atoms with van der Waals surface area (Å²) in [6.45, 7) is 6.50. The van der Waals surface area contributed by atoms with Crippen LogP contribution in [0, 0.1) is 12.8 Å². The van der Waals surface area contributed by atoms with Crippen molar-refractivity contribution >= 4 is 0 Å². The molecule has 1 aromatic heterocycles. The fourth-order valence-corrected chi connectivity index (χ4v) is 2.96. The highest BCUT2D eigenvalue weighted by Crippen LogP contribution is 2.26. The van der Waals surface area contributed by atoms with E-state index in [0.29, 0.717) is 6.04 Å². The van der Waals surface area contributed by atoms with Gasteiger partial charge in [-0.2, -0.15) is 0 Å². The minimum absolute atomic E-state index is 0.709. The molecule has 0 aromatic carbocycles. The van der Waals surface area contributed by atoms with E-state index in [1.807, 2.05) is 6.92 Å². The molecule has 0 bridgehead atoms. The van der Waals surface area contributed by atoms with Gasteiger partial charge in [-0.3, -0.25) is 4.90 Å². The highest BCUT2D eigenvalue weighted by Gasteiger charge is 2.34. The van der Waals surface area contributed by atoms with Gasteiger partial charge in [0.1, 0.15) is 5.76 Å². The molecule has 1 aromatic rings. The number of aryl methyl sites for hydroxylation is 1. The maximum Gasteiger partial charge on any atom is 0.181 e. The van der Waals surface area contributed by atoms with Crippen LogP contribution >= 0.6 is 0 Å². The number of aromatic nitrogens is 1. The van der Waals surface area contributed by atoms with Crippen LogP contribution in [-0.2, 0) is 6.54 Å². The van der Waals surface area contributed by atoms with Gasteiger partial charge < -0.3 is 9.73 Å². The molecule has 0 amide bonds. The minimum Gasteiger partial charge on any atom is -0.448 e. The fraction of sp³-hybridized carbons (Fsp3) is 0.750. The van der Waals surface area contributed by atoms with E-state index >= 15 is 0 Å². The first kappa shape index (κ1) is 10.3. The van der Waals surface area contributed by atoms with Crippen LogP contribution in [0.2, 0.25) is 0 Å². The van der Waals surface area contributed by atoms with Crippen LogP contribution in [0.15, 0.2) is 10.8 Å². The van der Waals surface area contributed by atoms with Gasteiger partial charge in [-0.1, -0.05) is 0 Å². The predicted molar refractivity (Wildman–Crippen MR) is 61.0 cm³/mol. The number of hydrogen-bond acceptors (Lipinski definition) is 4. The van der Waals surface area contributed by atoms with E-state index in [1.54, 1.807) is 6.39 Å². The van der Waals surface area contributed by atoms with Crippen LogP contribution in [0.5, 0.6) is 0 Å². The van der Waals surface area contributed by atoms with Crippen LogP contribution in [0.3, 0.4) is 0 Å².